The maximum Gasteiger partial charge on any atom is 0.419 e. The number of nitrogens with one attached hydrogen (secondary N) is 1. The Morgan fingerprint density at radius 2 is 1.80 bits per heavy atom. The van der Waals surface area contributed by atoms with Crippen LogP contribution in [0.2, 0.25) is 0 Å². The second-order valence-corrected chi connectivity index (χ2v) is 4.16. The van der Waals surface area contributed by atoms with Crippen LogP contribution in [-0.2, 0) is 6.18 Å². The molecule has 0 aliphatic heterocycles. The lowest BCUT2D eigenvalue weighted by atomic mass is 10.1. The van der Waals surface area contributed by atoms with Gasteiger partial charge in [0.2, 0.25) is 5.95 Å². The molecule has 0 bridgehead atoms. The van der Waals surface area contributed by atoms with Crippen molar-refractivity contribution in [3.05, 3.63) is 41.3 Å². The van der Waals surface area contributed by atoms with Crippen LogP contribution in [0.4, 0.5) is 23.5 Å². The van der Waals surface area contributed by atoms with Crippen molar-refractivity contribution < 1.29 is 17.6 Å². The van der Waals surface area contributed by atoms with Gasteiger partial charge in [-0.1, -0.05) is 6.07 Å². The molecule has 0 amide bonds. The molecule has 0 spiro atoms. The van der Waals surface area contributed by atoms with Crippen molar-refractivity contribution in [2.24, 2.45) is 0 Å². The van der Waals surface area contributed by atoms with E-state index in [4.69, 9.17) is 0 Å². The average molecular weight is 285 g/mol. The molecule has 3 nitrogen and oxygen atoms in total. The third-order valence-electron chi connectivity index (χ3n) is 2.65. The van der Waals surface area contributed by atoms with Crippen LogP contribution in [0.5, 0.6) is 0 Å². The third-order valence-corrected chi connectivity index (χ3v) is 2.65. The lowest BCUT2D eigenvalue weighted by molar-refractivity contribution is -0.139. The van der Waals surface area contributed by atoms with Gasteiger partial charge >= 0.3 is 6.18 Å². The topological polar surface area (TPSA) is 37.8 Å². The van der Waals surface area contributed by atoms with Crippen LogP contribution in [0.1, 0.15) is 11.3 Å². The fourth-order valence-electron chi connectivity index (χ4n) is 1.73. The SMILES string of the molecule is CNc1nc(C)cc(-c2ccc(C(F)(F)F)c(F)c2)n1. The molecule has 0 unspecified atom stereocenters. The quantitative estimate of drug-likeness (QED) is 0.856. The van der Waals surface area contributed by atoms with Crippen LogP contribution in [-0.4, -0.2) is 17.0 Å². The highest BCUT2D eigenvalue weighted by Crippen LogP contribution is 2.33. The number of hydrogen-bond acceptors (Lipinski definition) is 3. The van der Waals surface area contributed by atoms with Gasteiger partial charge in [0.1, 0.15) is 5.82 Å². The summed E-state index contributed by atoms with van der Waals surface area (Å²) in [5, 5.41) is 2.73. The number of nitrogens with zero attached hydrogens (tertiary/aromatic N) is 2. The van der Waals surface area contributed by atoms with Crippen molar-refractivity contribution in [1.29, 1.82) is 0 Å². The maximum absolute atomic E-state index is 13.5. The van der Waals surface area contributed by atoms with E-state index in [0.717, 1.165) is 6.07 Å². The number of benzene rings is 1. The lowest BCUT2D eigenvalue weighted by Crippen LogP contribution is -2.08. The second-order valence-electron chi connectivity index (χ2n) is 4.16. The second kappa shape index (κ2) is 5.07. The predicted octanol–water partition coefficient (Wildman–Crippen LogP) is 3.65. The molecule has 2 rings (SSSR count). The van der Waals surface area contributed by atoms with E-state index in [1.807, 2.05) is 0 Å². The normalized spacial score (nSPS) is 11.5. The number of aromatic nitrogens is 2. The highest BCUT2D eigenvalue weighted by Gasteiger charge is 2.34. The van der Waals surface area contributed by atoms with E-state index in [2.05, 4.69) is 15.3 Å². The maximum atomic E-state index is 13.5. The average Bonchev–Trinajstić information content (AvgIpc) is 2.36. The van der Waals surface area contributed by atoms with Crippen LogP contribution in [0.15, 0.2) is 24.3 Å². The highest BCUT2D eigenvalue weighted by molar-refractivity contribution is 5.61. The molecule has 1 aromatic heterocycles. The first kappa shape index (κ1) is 14.2. The van der Waals surface area contributed by atoms with E-state index >= 15 is 0 Å². The van der Waals surface area contributed by atoms with Crippen molar-refractivity contribution in [3.8, 4) is 11.3 Å². The largest absolute Gasteiger partial charge is 0.419 e. The van der Waals surface area contributed by atoms with Gasteiger partial charge in [0, 0.05) is 18.3 Å². The number of anilines is 1. The van der Waals surface area contributed by atoms with Gasteiger partial charge in [-0.05, 0) is 25.1 Å². The Labute approximate surface area is 112 Å². The van der Waals surface area contributed by atoms with Crippen molar-refractivity contribution in [2.45, 2.75) is 13.1 Å². The smallest absolute Gasteiger partial charge is 0.357 e. The Morgan fingerprint density at radius 3 is 2.35 bits per heavy atom. The zero-order valence-corrected chi connectivity index (χ0v) is 10.7. The van der Waals surface area contributed by atoms with E-state index < -0.39 is 17.6 Å². The molecule has 1 aromatic carbocycles. The van der Waals surface area contributed by atoms with Gasteiger partial charge < -0.3 is 5.32 Å². The summed E-state index contributed by atoms with van der Waals surface area (Å²) in [7, 11) is 1.62. The molecule has 106 valence electrons. The van der Waals surface area contributed by atoms with Crippen LogP contribution < -0.4 is 5.32 Å². The monoisotopic (exact) mass is 285 g/mol. The first-order valence-electron chi connectivity index (χ1n) is 5.72. The highest BCUT2D eigenvalue weighted by atomic mass is 19.4. The number of alkyl halides is 3. The minimum atomic E-state index is -4.71. The van der Waals surface area contributed by atoms with Crippen LogP contribution in [0.3, 0.4) is 0 Å². The van der Waals surface area contributed by atoms with Gasteiger partial charge in [0.25, 0.3) is 0 Å². The van der Waals surface area contributed by atoms with Gasteiger partial charge in [0.05, 0.1) is 11.3 Å². The number of halogens is 4. The molecule has 0 saturated carbocycles. The van der Waals surface area contributed by atoms with Crippen molar-refractivity contribution in [1.82, 2.24) is 9.97 Å². The van der Waals surface area contributed by atoms with Crippen molar-refractivity contribution in [3.63, 3.8) is 0 Å². The fourth-order valence-corrected chi connectivity index (χ4v) is 1.73. The summed E-state index contributed by atoms with van der Waals surface area (Å²) in [5.74, 6) is -1.00. The Morgan fingerprint density at radius 1 is 1.10 bits per heavy atom. The van der Waals surface area contributed by atoms with Gasteiger partial charge in [0.15, 0.2) is 0 Å². The minimum Gasteiger partial charge on any atom is -0.357 e. The van der Waals surface area contributed by atoms with Gasteiger partial charge in [-0.3, -0.25) is 0 Å². The summed E-state index contributed by atoms with van der Waals surface area (Å²) in [6.07, 6.45) is -4.71. The lowest BCUT2D eigenvalue weighted by Gasteiger charge is -2.10. The summed E-state index contributed by atoms with van der Waals surface area (Å²) in [5.41, 5.74) is -0.0486. The Hall–Kier alpha value is -2.18. The Kier molecular flexibility index (Phi) is 3.61. The summed E-state index contributed by atoms with van der Waals surface area (Å²) < 4.78 is 51.0. The molecule has 0 radical (unpaired) electrons. The van der Waals surface area contributed by atoms with E-state index in [1.54, 1.807) is 20.0 Å². The number of aryl methyl sites for hydroxylation is 1. The molecule has 0 atom stereocenters. The summed E-state index contributed by atoms with van der Waals surface area (Å²) >= 11 is 0. The molecule has 0 saturated heterocycles. The molecule has 2 aromatic rings. The molecule has 0 aliphatic rings. The van der Waals surface area contributed by atoms with Crippen LogP contribution in [0, 0.1) is 12.7 Å². The number of rotatable bonds is 2. The molecule has 0 aliphatic carbocycles. The van der Waals surface area contributed by atoms with Gasteiger partial charge in [-0.2, -0.15) is 13.2 Å². The van der Waals surface area contributed by atoms with Gasteiger partial charge in [-0.25, -0.2) is 14.4 Å². The van der Waals surface area contributed by atoms with E-state index in [9.17, 15) is 17.6 Å². The fraction of sp³-hybridized carbons (Fsp3) is 0.231. The summed E-state index contributed by atoms with van der Waals surface area (Å²) in [4.78, 5) is 8.15. The molecular weight excluding hydrogens is 274 g/mol. The molecular formula is C13H11F4N3. The van der Waals surface area contributed by atoms with Crippen molar-refractivity contribution >= 4 is 5.95 Å². The van der Waals surface area contributed by atoms with E-state index in [0.29, 0.717) is 23.4 Å². The van der Waals surface area contributed by atoms with Gasteiger partial charge in [-0.15, -0.1) is 0 Å². The standard InChI is InChI=1S/C13H11F4N3/c1-7-5-11(20-12(18-2)19-7)8-3-4-9(10(14)6-8)13(15,16)17/h3-6H,1-2H3,(H,18,19,20). The molecule has 20 heavy (non-hydrogen) atoms. The van der Waals surface area contributed by atoms with Crippen molar-refractivity contribution in [2.75, 3.05) is 12.4 Å². The summed E-state index contributed by atoms with van der Waals surface area (Å²) in [6.45, 7) is 1.71. The number of hydrogen-bond donors (Lipinski definition) is 1. The molecule has 1 heterocycles. The third kappa shape index (κ3) is 2.87. The predicted molar refractivity (Wildman–Crippen MR) is 66.7 cm³/mol. The summed E-state index contributed by atoms with van der Waals surface area (Å²) in [6, 6.07) is 4.29. The Balaban J connectivity index is 2.49. The van der Waals surface area contributed by atoms with Crippen LogP contribution >= 0.6 is 0 Å². The zero-order chi connectivity index (χ0) is 14.9. The first-order valence-corrected chi connectivity index (χ1v) is 5.72. The minimum absolute atomic E-state index is 0.262. The molecule has 7 heteroatoms. The zero-order valence-electron chi connectivity index (χ0n) is 10.7. The van der Waals surface area contributed by atoms with E-state index in [1.165, 1.54) is 6.07 Å². The molecule has 1 N–H and O–H groups in total. The molecule has 0 fully saturated rings. The van der Waals surface area contributed by atoms with E-state index in [-0.39, 0.29) is 5.56 Å². The Bertz CT molecular complexity index is 638. The van der Waals surface area contributed by atoms with Crippen LogP contribution in [0.25, 0.3) is 11.3 Å². The first-order chi connectivity index (χ1) is 9.31.